The Kier molecular flexibility index (Phi) is 5.69. The van der Waals surface area contributed by atoms with Crippen molar-refractivity contribution >= 4 is 17.7 Å². The average molecular weight is 380 g/mol. The zero-order valence-corrected chi connectivity index (χ0v) is 16.5. The van der Waals surface area contributed by atoms with Crippen LogP contribution in [0.2, 0.25) is 0 Å². The third-order valence-electron chi connectivity index (χ3n) is 5.79. The van der Waals surface area contributed by atoms with Gasteiger partial charge in [-0.15, -0.1) is 0 Å². The summed E-state index contributed by atoms with van der Waals surface area (Å²) in [6.07, 6.45) is 10.1. The molecular weight excluding hydrogens is 352 g/mol. The standard InChI is InChI=1S/C21H28N6O/c1-2-18-6-3-4-11-27(18)19-8-7-17(16-24-19)20(28)25-12-14-26(15-13-25)21-22-9-5-10-23-21/h5,7-10,16,18H,2-4,6,11-15H2,1H3. The van der Waals surface area contributed by atoms with E-state index >= 15 is 0 Å². The van der Waals surface area contributed by atoms with Gasteiger partial charge in [-0.05, 0) is 43.9 Å². The van der Waals surface area contributed by atoms with Gasteiger partial charge in [0.15, 0.2) is 0 Å². The van der Waals surface area contributed by atoms with Gasteiger partial charge in [0.2, 0.25) is 5.95 Å². The zero-order valence-electron chi connectivity index (χ0n) is 16.5. The minimum atomic E-state index is 0.0540. The maximum absolute atomic E-state index is 12.9. The van der Waals surface area contributed by atoms with Gasteiger partial charge in [0.1, 0.15) is 5.82 Å². The predicted molar refractivity (Wildman–Crippen MR) is 110 cm³/mol. The summed E-state index contributed by atoms with van der Waals surface area (Å²) in [7, 11) is 0. The summed E-state index contributed by atoms with van der Waals surface area (Å²) in [6.45, 7) is 6.12. The van der Waals surface area contributed by atoms with Gasteiger partial charge in [0.05, 0.1) is 5.56 Å². The monoisotopic (exact) mass is 380 g/mol. The van der Waals surface area contributed by atoms with Crippen molar-refractivity contribution in [2.24, 2.45) is 0 Å². The molecule has 2 aromatic heterocycles. The van der Waals surface area contributed by atoms with E-state index in [4.69, 9.17) is 0 Å². The molecule has 2 aliphatic rings. The first-order chi connectivity index (χ1) is 13.8. The summed E-state index contributed by atoms with van der Waals surface area (Å²) in [4.78, 5) is 32.5. The Hall–Kier alpha value is -2.70. The molecule has 0 radical (unpaired) electrons. The molecule has 1 unspecified atom stereocenters. The molecule has 0 N–H and O–H groups in total. The molecule has 7 heteroatoms. The highest BCUT2D eigenvalue weighted by molar-refractivity contribution is 5.94. The molecule has 2 fully saturated rings. The fourth-order valence-electron chi connectivity index (χ4n) is 4.16. The molecule has 7 nitrogen and oxygen atoms in total. The normalized spacial score (nSPS) is 20.3. The van der Waals surface area contributed by atoms with Crippen molar-refractivity contribution in [3.8, 4) is 0 Å². The molecule has 2 saturated heterocycles. The van der Waals surface area contributed by atoms with Crippen LogP contribution in [-0.2, 0) is 0 Å². The van der Waals surface area contributed by atoms with Crippen LogP contribution in [0, 0.1) is 0 Å². The molecule has 0 aromatic carbocycles. The van der Waals surface area contributed by atoms with E-state index in [0.29, 0.717) is 24.7 Å². The number of piperazine rings is 1. The second-order valence-corrected chi connectivity index (χ2v) is 7.48. The molecule has 4 heterocycles. The Balaban J connectivity index is 1.37. The van der Waals surface area contributed by atoms with Gasteiger partial charge in [-0.25, -0.2) is 15.0 Å². The van der Waals surface area contributed by atoms with Crippen molar-refractivity contribution < 1.29 is 4.79 Å². The lowest BCUT2D eigenvalue weighted by atomic mass is 10.00. The first kappa shape index (κ1) is 18.7. The fourth-order valence-corrected chi connectivity index (χ4v) is 4.16. The molecule has 0 saturated carbocycles. The van der Waals surface area contributed by atoms with Gasteiger partial charge < -0.3 is 14.7 Å². The maximum Gasteiger partial charge on any atom is 0.255 e. The van der Waals surface area contributed by atoms with Gasteiger partial charge in [-0.2, -0.15) is 0 Å². The van der Waals surface area contributed by atoms with E-state index in [2.05, 4.69) is 31.7 Å². The third kappa shape index (κ3) is 3.93. The Morgan fingerprint density at radius 2 is 1.82 bits per heavy atom. The first-order valence-corrected chi connectivity index (χ1v) is 10.3. The Labute approximate surface area is 166 Å². The van der Waals surface area contributed by atoms with Crippen LogP contribution in [0.3, 0.4) is 0 Å². The number of amides is 1. The Morgan fingerprint density at radius 1 is 1.04 bits per heavy atom. The highest BCUT2D eigenvalue weighted by atomic mass is 16.2. The summed E-state index contributed by atoms with van der Waals surface area (Å²) in [5.41, 5.74) is 0.665. The van der Waals surface area contributed by atoms with E-state index in [1.807, 2.05) is 23.1 Å². The molecule has 1 amide bonds. The number of anilines is 2. The lowest BCUT2D eigenvalue weighted by molar-refractivity contribution is 0.0746. The lowest BCUT2D eigenvalue weighted by Gasteiger charge is -2.36. The second-order valence-electron chi connectivity index (χ2n) is 7.48. The van der Waals surface area contributed by atoms with E-state index < -0.39 is 0 Å². The summed E-state index contributed by atoms with van der Waals surface area (Å²) in [6, 6.07) is 6.32. The third-order valence-corrected chi connectivity index (χ3v) is 5.79. The maximum atomic E-state index is 12.9. The number of nitrogens with zero attached hydrogens (tertiary/aromatic N) is 6. The van der Waals surface area contributed by atoms with E-state index in [1.54, 1.807) is 18.6 Å². The van der Waals surface area contributed by atoms with Crippen LogP contribution in [0.1, 0.15) is 43.0 Å². The number of hydrogen-bond donors (Lipinski definition) is 0. The minimum Gasteiger partial charge on any atom is -0.354 e. The van der Waals surface area contributed by atoms with Crippen LogP contribution in [0.5, 0.6) is 0 Å². The van der Waals surface area contributed by atoms with Gasteiger partial charge in [-0.1, -0.05) is 6.92 Å². The van der Waals surface area contributed by atoms with Crippen LogP contribution >= 0.6 is 0 Å². The van der Waals surface area contributed by atoms with Crippen molar-refractivity contribution in [2.45, 2.75) is 38.6 Å². The highest BCUT2D eigenvalue weighted by Gasteiger charge is 2.25. The summed E-state index contributed by atoms with van der Waals surface area (Å²) in [5.74, 6) is 1.78. The molecular formula is C21H28N6O. The molecule has 4 rings (SSSR count). The van der Waals surface area contributed by atoms with Crippen LogP contribution < -0.4 is 9.80 Å². The molecule has 2 aliphatic heterocycles. The number of hydrogen-bond acceptors (Lipinski definition) is 6. The summed E-state index contributed by atoms with van der Waals surface area (Å²) in [5, 5.41) is 0. The van der Waals surface area contributed by atoms with Gasteiger partial charge in [-0.3, -0.25) is 4.79 Å². The van der Waals surface area contributed by atoms with Crippen molar-refractivity contribution in [3.05, 3.63) is 42.4 Å². The predicted octanol–water partition coefficient (Wildman–Crippen LogP) is 2.60. The van der Waals surface area contributed by atoms with Crippen LogP contribution in [0.25, 0.3) is 0 Å². The van der Waals surface area contributed by atoms with Crippen molar-refractivity contribution in [2.75, 3.05) is 42.5 Å². The second kappa shape index (κ2) is 8.54. The highest BCUT2D eigenvalue weighted by Crippen LogP contribution is 2.25. The summed E-state index contributed by atoms with van der Waals surface area (Å²) >= 11 is 0. The minimum absolute atomic E-state index is 0.0540. The summed E-state index contributed by atoms with van der Waals surface area (Å²) < 4.78 is 0. The average Bonchev–Trinajstić information content (AvgIpc) is 2.79. The van der Waals surface area contributed by atoms with Gasteiger partial charge in [0, 0.05) is 57.4 Å². The van der Waals surface area contributed by atoms with E-state index in [0.717, 1.165) is 37.8 Å². The van der Waals surface area contributed by atoms with Crippen molar-refractivity contribution in [3.63, 3.8) is 0 Å². The topological polar surface area (TPSA) is 65.5 Å². The van der Waals surface area contributed by atoms with Crippen molar-refractivity contribution in [1.82, 2.24) is 19.9 Å². The first-order valence-electron chi connectivity index (χ1n) is 10.3. The van der Waals surface area contributed by atoms with Crippen LogP contribution in [-0.4, -0.2) is 64.5 Å². The number of aromatic nitrogens is 3. The number of carbonyl (C=O) groups is 1. The van der Waals surface area contributed by atoms with Gasteiger partial charge in [0.25, 0.3) is 5.91 Å². The number of pyridine rings is 1. The van der Waals surface area contributed by atoms with E-state index in [-0.39, 0.29) is 5.91 Å². The van der Waals surface area contributed by atoms with Crippen molar-refractivity contribution in [1.29, 1.82) is 0 Å². The molecule has 0 bridgehead atoms. The molecule has 148 valence electrons. The number of rotatable bonds is 4. The largest absolute Gasteiger partial charge is 0.354 e. The number of carbonyl (C=O) groups excluding carboxylic acids is 1. The Morgan fingerprint density at radius 3 is 2.50 bits per heavy atom. The lowest BCUT2D eigenvalue weighted by Crippen LogP contribution is -2.49. The van der Waals surface area contributed by atoms with Crippen LogP contribution in [0.4, 0.5) is 11.8 Å². The molecule has 0 aliphatic carbocycles. The smallest absolute Gasteiger partial charge is 0.255 e. The molecule has 1 atom stereocenters. The molecule has 2 aromatic rings. The van der Waals surface area contributed by atoms with E-state index in [9.17, 15) is 4.79 Å². The Bertz CT molecular complexity index is 773. The van der Waals surface area contributed by atoms with Gasteiger partial charge >= 0.3 is 0 Å². The number of piperidine rings is 1. The molecule has 0 spiro atoms. The molecule has 28 heavy (non-hydrogen) atoms. The fraction of sp³-hybridized carbons (Fsp3) is 0.524. The SMILES string of the molecule is CCC1CCCCN1c1ccc(C(=O)N2CCN(c3ncccn3)CC2)cn1. The zero-order chi connectivity index (χ0) is 19.3. The van der Waals surface area contributed by atoms with Crippen LogP contribution in [0.15, 0.2) is 36.8 Å². The quantitative estimate of drug-likeness (QED) is 0.812. The van der Waals surface area contributed by atoms with E-state index in [1.165, 1.54) is 19.3 Å².